The smallest absolute Gasteiger partial charge is 0.257 e. The molecule has 4 nitrogen and oxygen atoms in total. The van der Waals surface area contributed by atoms with Crippen molar-refractivity contribution in [2.24, 2.45) is 0 Å². The summed E-state index contributed by atoms with van der Waals surface area (Å²) in [6.07, 6.45) is -4.60. The van der Waals surface area contributed by atoms with Crippen LogP contribution in [0.2, 0.25) is 0 Å². The molecule has 2 aromatic carbocycles. The largest absolute Gasteiger partial charge is 0.383 e. The first-order chi connectivity index (χ1) is 13.2. The lowest BCUT2D eigenvalue weighted by Crippen LogP contribution is -2.57. The van der Waals surface area contributed by atoms with Crippen molar-refractivity contribution in [3.63, 3.8) is 0 Å². The van der Waals surface area contributed by atoms with Gasteiger partial charge in [-0.15, -0.1) is 0 Å². The van der Waals surface area contributed by atoms with Gasteiger partial charge in [-0.2, -0.15) is 0 Å². The first-order valence-electron chi connectivity index (χ1n) is 8.26. The molecule has 0 saturated heterocycles. The van der Waals surface area contributed by atoms with Crippen LogP contribution < -0.4 is 10.6 Å². The van der Waals surface area contributed by atoms with Crippen molar-refractivity contribution in [1.29, 1.82) is 0 Å². The fraction of sp³-hybridized carbons (Fsp3) is 0.200. The molecule has 0 fully saturated rings. The van der Waals surface area contributed by atoms with Crippen LogP contribution in [-0.2, 0) is 5.54 Å². The van der Waals surface area contributed by atoms with Crippen LogP contribution >= 0.6 is 12.2 Å². The van der Waals surface area contributed by atoms with Gasteiger partial charge in [0.05, 0.1) is 5.54 Å². The molecule has 0 radical (unpaired) electrons. The summed E-state index contributed by atoms with van der Waals surface area (Å²) in [5.41, 5.74) is -1.91. The molecule has 0 aliphatic heterocycles. The molecule has 3 atom stereocenters. The van der Waals surface area contributed by atoms with E-state index in [1.165, 1.54) is 25.1 Å². The van der Waals surface area contributed by atoms with Gasteiger partial charge in [-0.25, -0.2) is 13.2 Å². The molecule has 0 aromatic heterocycles. The lowest BCUT2D eigenvalue weighted by Gasteiger charge is -2.37. The van der Waals surface area contributed by atoms with Gasteiger partial charge in [0.1, 0.15) is 17.7 Å². The highest BCUT2D eigenvalue weighted by Crippen LogP contribution is 2.33. The Hall–Kier alpha value is -2.71. The van der Waals surface area contributed by atoms with Crippen LogP contribution in [0.25, 0.3) is 0 Å². The zero-order valence-corrected chi connectivity index (χ0v) is 15.8. The number of amides is 1. The fourth-order valence-corrected chi connectivity index (χ4v) is 2.98. The topological polar surface area (TPSA) is 61.4 Å². The Morgan fingerprint density at radius 3 is 2.32 bits per heavy atom. The van der Waals surface area contributed by atoms with E-state index < -0.39 is 35.4 Å². The van der Waals surface area contributed by atoms with Crippen LogP contribution in [0.4, 0.5) is 13.2 Å². The van der Waals surface area contributed by atoms with Crippen LogP contribution in [0.1, 0.15) is 22.8 Å². The SMILES string of the molecule is C=C(F)[C@@H](O)[C@H](F)[C@](C)(NC(=S)NC(=O)c1ccccc1)c1ccccc1F. The van der Waals surface area contributed by atoms with Gasteiger partial charge in [-0.3, -0.25) is 10.1 Å². The Labute approximate surface area is 166 Å². The van der Waals surface area contributed by atoms with E-state index in [1.54, 1.807) is 30.3 Å². The van der Waals surface area contributed by atoms with Crippen LogP contribution in [0.15, 0.2) is 67.0 Å². The normalized spacial score (nSPS) is 15.0. The summed E-state index contributed by atoms with van der Waals surface area (Å²) in [7, 11) is 0. The van der Waals surface area contributed by atoms with E-state index in [0.29, 0.717) is 5.56 Å². The summed E-state index contributed by atoms with van der Waals surface area (Å²) in [4.78, 5) is 12.2. The number of hydrogen-bond donors (Lipinski definition) is 3. The molecule has 0 heterocycles. The molecule has 0 bridgehead atoms. The minimum Gasteiger partial charge on any atom is -0.383 e. The molecule has 148 valence electrons. The zero-order valence-electron chi connectivity index (χ0n) is 15.0. The molecule has 28 heavy (non-hydrogen) atoms. The Morgan fingerprint density at radius 1 is 1.18 bits per heavy atom. The summed E-state index contributed by atoms with van der Waals surface area (Å²) in [5, 5.41) is 14.4. The maximum atomic E-state index is 15.0. The molecule has 0 unspecified atom stereocenters. The van der Waals surface area contributed by atoms with Crippen LogP contribution in [0.5, 0.6) is 0 Å². The van der Waals surface area contributed by atoms with Crippen molar-refractivity contribution in [2.75, 3.05) is 0 Å². The minimum atomic E-state index is -2.37. The average Bonchev–Trinajstić information content (AvgIpc) is 2.67. The Morgan fingerprint density at radius 2 is 1.75 bits per heavy atom. The first kappa shape index (κ1) is 21.6. The van der Waals surface area contributed by atoms with Crippen LogP contribution in [0.3, 0.4) is 0 Å². The van der Waals surface area contributed by atoms with Crippen molar-refractivity contribution in [2.45, 2.75) is 24.7 Å². The van der Waals surface area contributed by atoms with E-state index in [-0.39, 0.29) is 10.7 Å². The molecule has 0 saturated carbocycles. The van der Waals surface area contributed by atoms with Gasteiger partial charge in [0, 0.05) is 11.1 Å². The lowest BCUT2D eigenvalue weighted by molar-refractivity contribution is 0.0339. The van der Waals surface area contributed by atoms with Crippen molar-refractivity contribution in [3.8, 4) is 0 Å². The molecule has 0 aliphatic carbocycles. The number of thiocarbonyl (C=S) groups is 1. The highest BCUT2D eigenvalue weighted by molar-refractivity contribution is 7.80. The number of rotatable bonds is 6. The van der Waals surface area contributed by atoms with Gasteiger partial charge < -0.3 is 10.4 Å². The number of halogens is 3. The zero-order chi connectivity index (χ0) is 20.9. The number of carbonyl (C=O) groups excluding carboxylic acids is 1. The van der Waals surface area contributed by atoms with E-state index in [2.05, 4.69) is 17.2 Å². The molecular formula is C20H19F3N2O2S. The Balaban J connectivity index is 2.32. The molecule has 2 aromatic rings. The average molecular weight is 408 g/mol. The third-order valence-corrected chi connectivity index (χ3v) is 4.42. The summed E-state index contributed by atoms with van der Waals surface area (Å²) < 4.78 is 42.7. The first-order valence-corrected chi connectivity index (χ1v) is 8.67. The van der Waals surface area contributed by atoms with E-state index in [4.69, 9.17) is 12.2 Å². The molecule has 8 heteroatoms. The molecule has 3 N–H and O–H groups in total. The number of alkyl halides is 1. The number of nitrogens with one attached hydrogen (secondary N) is 2. The van der Waals surface area contributed by atoms with Gasteiger partial charge in [0.15, 0.2) is 11.3 Å². The van der Waals surface area contributed by atoms with Crippen molar-refractivity contribution in [1.82, 2.24) is 10.6 Å². The maximum Gasteiger partial charge on any atom is 0.257 e. The van der Waals surface area contributed by atoms with Gasteiger partial charge in [0.25, 0.3) is 5.91 Å². The third kappa shape index (κ3) is 4.76. The lowest BCUT2D eigenvalue weighted by atomic mass is 9.84. The number of aliphatic hydroxyl groups is 1. The quantitative estimate of drug-likeness (QED) is 0.640. The summed E-state index contributed by atoms with van der Waals surface area (Å²) >= 11 is 5.06. The second kappa shape index (κ2) is 8.99. The van der Waals surface area contributed by atoms with E-state index in [0.717, 1.165) is 6.07 Å². The second-order valence-corrected chi connectivity index (χ2v) is 6.66. The Kier molecular flexibility index (Phi) is 6.93. The minimum absolute atomic E-state index is 0.209. The van der Waals surface area contributed by atoms with Crippen molar-refractivity contribution < 1.29 is 23.1 Å². The number of aliphatic hydroxyl groups excluding tert-OH is 1. The number of carbonyl (C=O) groups is 1. The number of hydrogen-bond acceptors (Lipinski definition) is 3. The van der Waals surface area contributed by atoms with Crippen LogP contribution in [0, 0.1) is 5.82 Å². The van der Waals surface area contributed by atoms with Gasteiger partial charge in [0.2, 0.25) is 0 Å². The third-order valence-electron chi connectivity index (χ3n) is 4.22. The van der Waals surface area contributed by atoms with Gasteiger partial charge in [-0.05, 0) is 37.3 Å². The second-order valence-electron chi connectivity index (χ2n) is 6.25. The Bertz CT molecular complexity index is 879. The van der Waals surface area contributed by atoms with E-state index >= 15 is 4.39 Å². The molecule has 0 aliphatic rings. The van der Waals surface area contributed by atoms with Gasteiger partial charge >= 0.3 is 0 Å². The summed E-state index contributed by atoms with van der Waals surface area (Å²) in [6, 6.07) is 13.3. The predicted molar refractivity (Wildman–Crippen MR) is 105 cm³/mol. The highest BCUT2D eigenvalue weighted by Gasteiger charge is 2.44. The molecular weight excluding hydrogens is 389 g/mol. The van der Waals surface area contributed by atoms with Gasteiger partial charge in [-0.1, -0.05) is 43.0 Å². The highest BCUT2D eigenvalue weighted by atomic mass is 32.1. The summed E-state index contributed by atoms with van der Waals surface area (Å²) in [5.74, 6) is -2.69. The molecule has 2 rings (SSSR count). The van der Waals surface area contributed by atoms with Crippen molar-refractivity contribution >= 4 is 23.2 Å². The standard InChI is InChI=1S/C20H19F3N2O2S/c1-12(21)16(26)17(23)20(2,14-10-6-7-11-15(14)22)25-19(28)24-18(27)13-8-4-3-5-9-13/h3-11,16-17,26H,1H2,2H3,(H2,24,25,27,28)/t16-,17+,20-/m1/s1. The van der Waals surface area contributed by atoms with Crippen molar-refractivity contribution in [3.05, 3.63) is 83.9 Å². The number of benzene rings is 2. The molecule has 1 amide bonds. The summed E-state index contributed by atoms with van der Waals surface area (Å²) in [6.45, 7) is 4.09. The van der Waals surface area contributed by atoms with E-state index in [9.17, 15) is 18.7 Å². The predicted octanol–water partition coefficient (Wildman–Crippen LogP) is 3.53. The monoisotopic (exact) mass is 408 g/mol. The van der Waals surface area contributed by atoms with Crippen LogP contribution in [-0.4, -0.2) is 28.4 Å². The fourth-order valence-electron chi connectivity index (χ4n) is 2.67. The molecule has 0 spiro atoms. The van der Waals surface area contributed by atoms with E-state index in [1.807, 2.05) is 0 Å². The maximum absolute atomic E-state index is 15.0.